The number of unbranched alkanes of at least 4 members (excludes halogenated alkanes) is 2. The predicted octanol–water partition coefficient (Wildman–Crippen LogP) is 2.52. The Morgan fingerprint density at radius 3 is 2.21 bits per heavy atom. The van der Waals surface area contributed by atoms with Crippen LogP contribution in [0.2, 0.25) is 0 Å². The minimum atomic E-state index is 0.303. The van der Waals surface area contributed by atoms with Crippen molar-refractivity contribution in [1.82, 2.24) is 4.90 Å². The Hall–Kier alpha value is -0.0800. The number of hydrogen-bond acceptors (Lipinski definition) is 2. The van der Waals surface area contributed by atoms with Gasteiger partial charge in [0.25, 0.3) is 0 Å². The zero-order valence-corrected chi connectivity index (χ0v) is 10.3. The van der Waals surface area contributed by atoms with E-state index in [0.29, 0.717) is 18.6 Å². The topological polar surface area (TPSA) is 23.5 Å². The highest BCUT2D eigenvalue weighted by Gasteiger charge is 2.11. The number of nitrogens with zero attached hydrogens (tertiary/aromatic N) is 1. The van der Waals surface area contributed by atoms with Crippen molar-refractivity contribution in [1.29, 1.82) is 0 Å². The highest BCUT2D eigenvalue weighted by molar-refractivity contribution is 4.66. The van der Waals surface area contributed by atoms with Gasteiger partial charge in [-0.25, -0.2) is 0 Å². The molecule has 14 heavy (non-hydrogen) atoms. The van der Waals surface area contributed by atoms with E-state index < -0.39 is 0 Å². The van der Waals surface area contributed by atoms with Crippen LogP contribution in [-0.4, -0.2) is 35.7 Å². The second kappa shape index (κ2) is 8.25. The molecule has 0 saturated heterocycles. The summed E-state index contributed by atoms with van der Waals surface area (Å²) in [6.07, 6.45) is 3.88. The number of aliphatic hydroxyl groups is 1. The minimum Gasteiger partial charge on any atom is -0.396 e. The third kappa shape index (κ3) is 6.39. The smallest absolute Gasteiger partial charge is 0.0468 e. The monoisotopic (exact) mass is 201 g/mol. The molecule has 0 aromatic rings. The average molecular weight is 201 g/mol. The van der Waals surface area contributed by atoms with Gasteiger partial charge in [0.1, 0.15) is 0 Å². The first kappa shape index (κ1) is 13.9. The van der Waals surface area contributed by atoms with E-state index in [0.717, 1.165) is 6.54 Å². The van der Waals surface area contributed by atoms with Crippen LogP contribution < -0.4 is 0 Å². The number of rotatable bonds is 8. The highest BCUT2D eigenvalue weighted by Crippen LogP contribution is 2.07. The van der Waals surface area contributed by atoms with E-state index in [1.807, 2.05) is 0 Å². The van der Waals surface area contributed by atoms with Gasteiger partial charge >= 0.3 is 0 Å². The largest absolute Gasteiger partial charge is 0.396 e. The summed E-state index contributed by atoms with van der Waals surface area (Å²) in [7, 11) is 0. The molecule has 0 rings (SSSR count). The summed E-state index contributed by atoms with van der Waals surface area (Å²) in [6, 6.07) is 0.598. The molecular weight excluding hydrogens is 174 g/mol. The highest BCUT2D eigenvalue weighted by atomic mass is 16.3. The van der Waals surface area contributed by atoms with E-state index in [9.17, 15) is 0 Å². The predicted molar refractivity (Wildman–Crippen MR) is 62.5 cm³/mol. The van der Waals surface area contributed by atoms with Crippen LogP contribution in [-0.2, 0) is 0 Å². The molecule has 0 aromatic carbocycles. The summed E-state index contributed by atoms with van der Waals surface area (Å²) in [6.45, 7) is 11.3. The summed E-state index contributed by atoms with van der Waals surface area (Å²) in [4.78, 5) is 2.47. The molecule has 0 aromatic heterocycles. The Bertz CT molecular complexity index is 125. The van der Waals surface area contributed by atoms with Crippen molar-refractivity contribution >= 4 is 0 Å². The fourth-order valence-electron chi connectivity index (χ4n) is 1.58. The molecule has 1 N–H and O–H groups in total. The first-order chi connectivity index (χ1) is 6.61. The molecule has 0 saturated carbocycles. The van der Waals surface area contributed by atoms with Gasteiger partial charge in [0.05, 0.1) is 0 Å². The molecule has 0 aliphatic heterocycles. The van der Waals surface area contributed by atoms with E-state index >= 15 is 0 Å². The van der Waals surface area contributed by atoms with Crippen LogP contribution in [0, 0.1) is 5.92 Å². The fraction of sp³-hybridized carbons (Fsp3) is 1.00. The normalized spacial score (nSPS) is 13.9. The Labute approximate surface area is 89.3 Å². The molecule has 0 bridgehead atoms. The average Bonchev–Trinajstić information content (AvgIpc) is 2.16. The summed E-state index contributed by atoms with van der Waals surface area (Å²) < 4.78 is 0. The van der Waals surface area contributed by atoms with E-state index in [-0.39, 0.29) is 0 Å². The first-order valence-electron chi connectivity index (χ1n) is 5.96. The van der Waals surface area contributed by atoms with Crippen molar-refractivity contribution in [2.45, 2.75) is 53.0 Å². The molecule has 0 heterocycles. The maximum absolute atomic E-state index is 9.01. The molecule has 0 aliphatic carbocycles. The molecule has 0 amide bonds. The second-order valence-corrected chi connectivity index (χ2v) is 4.58. The van der Waals surface area contributed by atoms with Gasteiger partial charge in [-0.15, -0.1) is 0 Å². The second-order valence-electron chi connectivity index (χ2n) is 4.58. The van der Waals surface area contributed by atoms with Crippen LogP contribution in [0.15, 0.2) is 0 Å². The first-order valence-corrected chi connectivity index (χ1v) is 5.96. The Kier molecular flexibility index (Phi) is 8.20. The van der Waals surface area contributed by atoms with Gasteiger partial charge in [0.15, 0.2) is 0 Å². The summed E-state index contributed by atoms with van der Waals surface area (Å²) in [5.74, 6) is 0.402. The third-order valence-electron chi connectivity index (χ3n) is 2.64. The van der Waals surface area contributed by atoms with Gasteiger partial charge in [-0.05, 0) is 32.7 Å². The summed E-state index contributed by atoms with van der Waals surface area (Å²) in [5, 5.41) is 9.01. The Morgan fingerprint density at radius 2 is 1.79 bits per heavy atom. The molecule has 0 radical (unpaired) electrons. The molecule has 1 atom stereocenters. The lowest BCUT2D eigenvalue weighted by Gasteiger charge is -2.28. The van der Waals surface area contributed by atoms with Crippen molar-refractivity contribution in [2.24, 2.45) is 5.92 Å². The lowest BCUT2D eigenvalue weighted by molar-refractivity contribution is 0.147. The lowest BCUT2D eigenvalue weighted by atomic mass is 10.1. The van der Waals surface area contributed by atoms with E-state index in [1.165, 1.54) is 25.8 Å². The fourth-order valence-corrected chi connectivity index (χ4v) is 1.58. The number of hydrogen-bond donors (Lipinski definition) is 1. The van der Waals surface area contributed by atoms with Crippen molar-refractivity contribution in [3.05, 3.63) is 0 Å². The summed E-state index contributed by atoms with van der Waals surface area (Å²) >= 11 is 0. The standard InChI is InChI=1S/C12H27NO/c1-5-6-7-8-13(11(2)3)9-12(4)10-14/h11-12,14H,5-10H2,1-4H3. The van der Waals surface area contributed by atoms with E-state index in [4.69, 9.17) is 5.11 Å². The maximum Gasteiger partial charge on any atom is 0.0468 e. The van der Waals surface area contributed by atoms with Crippen LogP contribution in [0.5, 0.6) is 0 Å². The van der Waals surface area contributed by atoms with Crippen molar-refractivity contribution in [3.8, 4) is 0 Å². The van der Waals surface area contributed by atoms with Crippen LogP contribution in [0.1, 0.15) is 47.0 Å². The van der Waals surface area contributed by atoms with Crippen LogP contribution in [0.4, 0.5) is 0 Å². The van der Waals surface area contributed by atoms with Gasteiger partial charge < -0.3 is 10.0 Å². The molecule has 0 aliphatic rings. The molecule has 0 fully saturated rings. The van der Waals surface area contributed by atoms with Crippen molar-refractivity contribution < 1.29 is 5.11 Å². The third-order valence-corrected chi connectivity index (χ3v) is 2.64. The summed E-state index contributed by atoms with van der Waals surface area (Å²) in [5.41, 5.74) is 0. The van der Waals surface area contributed by atoms with Crippen molar-refractivity contribution in [3.63, 3.8) is 0 Å². The Morgan fingerprint density at radius 1 is 1.14 bits per heavy atom. The molecule has 1 unspecified atom stereocenters. The zero-order chi connectivity index (χ0) is 11.0. The van der Waals surface area contributed by atoms with E-state index in [1.54, 1.807) is 0 Å². The number of aliphatic hydroxyl groups excluding tert-OH is 1. The van der Waals surface area contributed by atoms with Gasteiger partial charge in [-0.2, -0.15) is 0 Å². The molecule has 86 valence electrons. The van der Waals surface area contributed by atoms with Crippen LogP contribution >= 0.6 is 0 Å². The SMILES string of the molecule is CCCCCN(CC(C)CO)C(C)C. The lowest BCUT2D eigenvalue weighted by Crippen LogP contribution is -2.36. The maximum atomic E-state index is 9.01. The molecule has 2 heteroatoms. The van der Waals surface area contributed by atoms with Gasteiger partial charge in [-0.1, -0.05) is 26.7 Å². The minimum absolute atomic E-state index is 0.303. The van der Waals surface area contributed by atoms with Crippen molar-refractivity contribution in [2.75, 3.05) is 19.7 Å². The van der Waals surface area contributed by atoms with Gasteiger partial charge in [0.2, 0.25) is 0 Å². The zero-order valence-electron chi connectivity index (χ0n) is 10.3. The van der Waals surface area contributed by atoms with Crippen LogP contribution in [0.3, 0.4) is 0 Å². The van der Waals surface area contributed by atoms with Gasteiger partial charge in [0, 0.05) is 19.2 Å². The van der Waals surface area contributed by atoms with Crippen LogP contribution in [0.25, 0.3) is 0 Å². The molecule has 0 spiro atoms. The Balaban J connectivity index is 3.77. The molecule has 2 nitrogen and oxygen atoms in total. The molecular formula is C12H27NO. The quantitative estimate of drug-likeness (QED) is 0.610. The van der Waals surface area contributed by atoms with E-state index in [2.05, 4.69) is 32.6 Å². The van der Waals surface area contributed by atoms with Gasteiger partial charge in [-0.3, -0.25) is 0 Å².